The van der Waals surface area contributed by atoms with Gasteiger partial charge in [-0.2, -0.15) is 0 Å². The number of rotatable bonds is 3. The van der Waals surface area contributed by atoms with Crippen molar-refractivity contribution in [3.8, 4) is 5.75 Å². The highest BCUT2D eigenvalue weighted by Crippen LogP contribution is 2.26. The zero-order chi connectivity index (χ0) is 14.2. The average molecular weight is 277 g/mol. The molecule has 2 aliphatic rings. The minimum absolute atomic E-state index is 0.00211. The molecule has 1 amide bonds. The van der Waals surface area contributed by atoms with Gasteiger partial charge in [0, 0.05) is 25.0 Å². The Labute approximate surface area is 115 Å². The van der Waals surface area contributed by atoms with E-state index in [0.29, 0.717) is 18.8 Å². The van der Waals surface area contributed by atoms with E-state index in [1.807, 2.05) is 0 Å². The lowest BCUT2D eigenvalue weighted by atomic mass is 9.98. The van der Waals surface area contributed by atoms with Crippen molar-refractivity contribution in [3.05, 3.63) is 29.3 Å². The summed E-state index contributed by atoms with van der Waals surface area (Å²) in [6.07, 6.45) is 1.05. The quantitative estimate of drug-likeness (QED) is 0.845. The molecular weight excluding hydrogens is 262 g/mol. The number of amides is 1. The van der Waals surface area contributed by atoms with E-state index in [2.05, 4.69) is 5.32 Å². The Kier molecular flexibility index (Phi) is 3.10. The van der Waals surface area contributed by atoms with E-state index in [1.165, 1.54) is 0 Å². The number of fused-ring (bicyclic) bond motifs is 1. The smallest absolute Gasteiger partial charge is 0.331 e. The molecule has 0 radical (unpaired) electrons. The first kappa shape index (κ1) is 12.9. The summed E-state index contributed by atoms with van der Waals surface area (Å²) in [7, 11) is 0. The summed E-state index contributed by atoms with van der Waals surface area (Å²) in [5.41, 5.74) is 0.110. The van der Waals surface area contributed by atoms with Crippen LogP contribution in [0.5, 0.6) is 5.75 Å². The number of hydrogen-bond acceptors (Lipinski definition) is 4. The van der Waals surface area contributed by atoms with Crippen LogP contribution >= 0.6 is 0 Å². The molecule has 2 heterocycles. The van der Waals surface area contributed by atoms with Gasteiger partial charge in [0.2, 0.25) is 0 Å². The van der Waals surface area contributed by atoms with Gasteiger partial charge < -0.3 is 19.9 Å². The molecule has 3 rings (SSSR count). The molecule has 2 N–H and O–H groups in total. The maximum absolute atomic E-state index is 12.2. The van der Waals surface area contributed by atoms with Crippen LogP contribution in [0.4, 0.5) is 0 Å². The van der Waals surface area contributed by atoms with E-state index in [1.54, 1.807) is 18.2 Å². The number of aliphatic carboxylic acids is 1. The van der Waals surface area contributed by atoms with Gasteiger partial charge in [-0.15, -0.1) is 0 Å². The van der Waals surface area contributed by atoms with E-state index in [9.17, 15) is 14.7 Å². The van der Waals surface area contributed by atoms with Crippen LogP contribution in [0.1, 0.15) is 22.3 Å². The molecule has 1 atom stereocenters. The molecular formula is C14H15NO5. The second-order valence-corrected chi connectivity index (χ2v) is 5.06. The van der Waals surface area contributed by atoms with E-state index >= 15 is 0 Å². The summed E-state index contributed by atoms with van der Waals surface area (Å²) in [4.78, 5) is 23.6. The highest BCUT2D eigenvalue weighted by Gasteiger charge is 2.44. The highest BCUT2D eigenvalue weighted by molar-refractivity contribution is 5.98. The maximum Gasteiger partial charge on any atom is 0.331 e. The Hall–Kier alpha value is -2.08. The van der Waals surface area contributed by atoms with Crippen LogP contribution in [0.2, 0.25) is 0 Å². The van der Waals surface area contributed by atoms with Crippen LogP contribution in [0, 0.1) is 0 Å². The maximum atomic E-state index is 12.2. The van der Waals surface area contributed by atoms with Crippen LogP contribution in [0.25, 0.3) is 0 Å². The van der Waals surface area contributed by atoms with E-state index < -0.39 is 17.4 Å². The molecule has 1 fully saturated rings. The van der Waals surface area contributed by atoms with Gasteiger partial charge in [0.05, 0.1) is 13.2 Å². The van der Waals surface area contributed by atoms with Crippen molar-refractivity contribution < 1.29 is 24.2 Å². The summed E-state index contributed by atoms with van der Waals surface area (Å²) in [6, 6.07) is 5.14. The first-order valence-corrected chi connectivity index (χ1v) is 6.50. The van der Waals surface area contributed by atoms with Crippen molar-refractivity contribution in [2.24, 2.45) is 0 Å². The molecule has 6 heteroatoms. The van der Waals surface area contributed by atoms with Gasteiger partial charge in [-0.05, 0) is 23.8 Å². The van der Waals surface area contributed by atoms with Gasteiger partial charge in [-0.25, -0.2) is 4.79 Å². The normalized spacial score (nSPS) is 24.0. The molecule has 0 aromatic heterocycles. The van der Waals surface area contributed by atoms with Crippen molar-refractivity contribution in [1.82, 2.24) is 5.32 Å². The summed E-state index contributed by atoms with van der Waals surface area (Å²) >= 11 is 0. The molecule has 20 heavy (non-hydrogen) atoms. The number of carboxylic acids is 1. The number of nitrogens with one attached hydrogen (secondary N) is 1. The summed E-state index contributed by atoms with van der Waals surface area (Å²) in [5.74, 6) is -0.667. The minimum Gasteiger partial charge on any atom is -0.493 e. The monoisotopic (exact) mass is 277 g/mol. The lowest BCUT2D eigenvalue weighted by molar-refractivity contribution is -0.144. The van der Waals surface area contributed by atoms with Crippen molar-refractivity contribution >= 4 is 11.9 Å². The Morgan fingerprint density at radius 2 is 2.15 bits per heavy atom. The number of ether oxygens (including phenoxy) is 2. The first-order chi connectivity index (χ1) is 9.61. The third kappa shape index (κ3) is 2.12. The minimum atomic E-state index is -1.31. The van der Waals surface area contributed by atoms with E-state index in [4.69, 9.17) is 9.47 Å². The van der Waals surface area contributed by atoms with E-state index in [-0.39, 0.29) is 13.0 Å². The topological polar surface area (TPSA) is 84.9 Å². The van der Waals surface area contributed by atoms with Gasteiger partial charge in [0.25, 0.3) is 5.91 Å². The molecule has 0 bridgehead atoms. The zero-order valence-corrected chi connectivity index (χ0v) is 10.8. The van der Waals surface area contributed by atoms with Gasteiger partial charge in [-0.3, -0.25) is 4.79 Å². The SMILES string of the molecule is O=C(NC1(C(=O)O)CCOC1)c1ccc2c(c1)CCO2. The molecule has 0 saturated carbocycles. The zero-order valence-electron chi connectivity index (χ0n) is 10.8. The van der Waals surface area contributed by atoms with Gasteiger partial charge >= 0.3 is 5.97 Å². The summed E-state index contributed by atoms with van der Waals surface area (Å²) in [6.45, 7) is 0.958. The fraction of sp³-hybridized carbons (Fsp3) is 0.429. The second-order valence-electron chi connectivity index (χ2n) is 5.06. The standard InChI is InChI=1S/C14H15NO5/c16-12(15-14(13(17)18)4-6-19-8-14)10-1-2-11-9(7-10)3-5-20-11/h1-2,7H,3-6,8H2,(H,15,16)(H,17,18). The Morgan fingerprint density at radius 1 is 1.30 bits per heavy atom. The van der Waals surface area contributed by atoms with E-state index in [0.717, 1.165) is 17.7 Å². The molecule has 0 aliphatic carbocycles. The Bertz CT molecular complexity index is 563. The van der Waals surface area contributed by atoms with Gasteiger partial charge in [0.15, 0.2) is 5.54 Å². The molecule has 0 spiro atoms. The number of benzene rings is 1. The van der Waals surface area contributed by atoms with Crippen molar-refractivity contribution in [3.63, 3.8) is 0 Å². The van der Waals surface area contributed by atoms with Gasteiger partial charge in [0.1, 0.15) is 5.75 Å². The number of carbonyl (C=O) groups excluding carboxylic acids is 1. The average Bonchev–Trinajstić information content (AvgIpc) is 3.06. The number of carbonyl (C=O) groups is 2. The second kappa shape index (κ2) is 4.79. The molecule has 1 unspecified atom stereocenters. The molecule has 1 aromatic rings. The lowest BCUT2D eigenvalue weighted by Gasteiger charge is -2.23. The first-order valence-electron chi connectivity index (χ1n) is 6.50. The van der Waals surface area contributed by atoms with Crippen LogP contribution < -0.4 is 10.1 Å². The summed E-state index contributed by atoms with van der Waals surface area (Å²) < 4.78 is 10.5. The van der Waals surface area contributed by atoms with Crippen molar-refractivity contribution in [1.29, 1.82) is 0 Å². The lowest BCUT2D eigenvalue weighted by Crippen LogP contribution is -2.55. The predicted octanol–water partition coefficient (Wildman–Crippen LogP) is 0.595. The highest BCUT2D eigenvalue weighted by atomic mass is 16.5. The predicted molar refractivity (Wildman–Crippen MR) is 68.9 cm³/mol. The number of carboxylic acid groups (broad SMARTS) is 1. The fourth-order valence-corrected chi connectivity index (χ4v) is 2.50. The number of hydrogen-bond donors (Lipinski definition) is 2. The van der Waals surface area contributed by atoms with Crippen LogP contribution in [-0.4, -0.2) is 42.3 Å². The van der Waals surface area contributed by atoms with Gasteiger partial charge in [-0.1, -0.05) is 0 Å². The van der Waals surface area contributed by atoms with Crippen molar-refractivity contribution in [2.75, 3.05) is 19.8 Å². The molecule has 6 nitrogen and oxygen atoms in total. The Balaban J connectivity index is 1.80. The Morgan fingerprint density at radius 3 is 2.85 bits per heavy atom. The van der Waals surface area contributed by atoms with Crippen LogP contribution in [0.15, 0.2) is 18.2 Å². The van der Waals surface area contributed by atoms with Crippen LogP contribution in [0.3, 0.4) is 0 Å². The molecule has 2 aliphatic heterocycles. The molecule has 1 aromatic carbocycles. The van der Waals surface area contributed by atoms with Crippen molar-refractivity contribution in [2.45, 2.75) is 18.4 Å². The molecule has 106 valence electrons. The largest absolute Gasteiger partial charge is 0.493 e. The summed E-state index contributed by atoms with van der Waals surface area (Å²) in [5, 5.41) is 11.9. The fourth-order valence-electron chi connectivity index (χ4n) is 2.50. The molecule has 1 saturated heterocycles. The third-order valence-corrected chi connectivity index (χ3v) is 3.74. The van der Waals surface area contributed by atoms with Crippen LogP contribution in [-0.2, 0) is 16.0 Å². The third-order valence-electron chi connectivity index (χ3n) is 3.74.